The van der Waals surface area contributed by atoms with Gasteiger partial charge in [0.05, 0.1) is 5.52 Å². The third-order valence-corrected chi connectivity index (χ3v) is 2.30. The van der Waals surface area contributed by atoms with Crippen LogP contribution in [-0.4, -0.2) is 9.97 Å². The van der Waals surface area contributed by atoms with Gasteiger partial charge < -0.3 is 0 Å². The van der Waals surface area contributed by atoms with Crippen molar-refractivity contribution in [3.8, 4) is 0 Å². The molecule has 0 spiro atoms. The zero-order chi connectivity index (χ0) is 10.7. The molecule has 1 aromatic carbocycles. The average Bonchev–Trinajstić information content (AvgIpc) is 2.30. The van der Waals surface area contributed by atoms with E-state index in [1.54, 1.807) is 6.33 Å². The maximum Gasteiger partial charge on any atom is 0.116 e. The second-order valence-corrected chi connectivity index (χ2v) is 3.23. The van der Waals surface area contributed by atoms with Gasteiger partial charge in [0.2, 0.25) is 0 Å². The van der Waals surface area contributed by atoms with E-state index in [4.69, 9.17) is 0 Å². The van der Waals surface area contributed by atoms with E-state index in [0.717, 1.165) is 22.0 Å². The van der Waals surface area contributed by atoms with Gasteiger partial charge in [-0.05, 0) is 12.5 Å². The number of fused-ring (bicyclic) bond motifs is 1. The Labute approximate surface area is 89.0 Å². The van der Waals surface area contributed by atoms with E-state index in [2.05, 4.69) is 16.5 Å². The van der Waals surface area contributed by atoms with E-state index < -0.39 is 0 Å². The first-order valence-corrected chi connectivity index (χ1v) is 4.84. The number of allylic oxidation sites excluding steroid dienone is 1. The third kappa shape index (κ3) is 1.66. The zero-order valence-corrected chi connectivity index (χ0v) is 8.64. The zero-order valence-electron chi connectivity index (χ0n) is 8.64. The minimum Gasteiger partial charge on any atom is -0.244 e. The third-order valence-electron chi connectivity index (χ3n) is 2.30. The Morgan fingerprint density at radius 2 is 2.20 bits per heavy atom. The molecular weight excluding hydrogens is 184 g/mol. The van der Waals surface area contributed by atoms with Crippen molar-refractivity contribution >= 4 is 23.1 Å². The van der Waals surface area contributed by atoms with Gasteiger partial charge >= 0.3 is 0 Å². The minimum absolute atomic E-state index is 0.973. The Hall–Kier alpha value is -1.96. The van der Waals surface area contributed by atoms with Gasteiger partial charge in [-0.1, -0.05) is 36.9 Å². The fourth-order valence-electron chi connectivity index (χ4n) is 1.61. The van der Waals surface area contributed by atoms with Crippen LogP contribution in [0.15, 0.2) is 37.3 Å². The molecule has 0 atom stereocenters. The molecule has 2 nitrogen and oxygen atoms in total. The lowest BCUT2D eigenvalue weighted by Gasteiger charge is -2.04. The van der Waals surface area contributed by atoms with Crippen LogP contribution in [0.3, 0.4) is 0 Å². The van der Waals surface area contributed by atoms with Crippen molar-refractivity contribution in [1.82, 2.24) is 9.97 Å². The monoisotopic (exact) mass is 196 g/mol. The lowest BCUT2D eigenvalue weighted by Crippen LogP contribution is -1.88. The molecule has 74 valence electrons. The fourth-order valence-corrected chi connectivity index (χ4v) is 1.61. The van der Waals surface area contributed by atoms with Gasteiger partial charge in [-0.15, -0.1) is 0 Å². The number of aromatic nitrogens is 2. The Balaban J connectivity index is 2.84. The molecule has 15 heavy (non-hydrogen) atoms. The molecule has 1 aromatic heterocycles. The molecule has 0 aliphatic carbocycles. The molecule has 2 rings (SSSR count). The van der Waals surface area contributed by atoms with Gasteiger partial charge in [-0.25, -0.2) is 9.97 Å². The van der Waals surface area contributed by atoms with E-state index in [-0.39, 0.29) is 0 Å². The molecule has 2 aromatic rings. The van der Waals surface area contributed by atoms with E-state index in [1.807, 2.05) is 43.5 Å². The Bertz CT molecular complexity index is 527. The maximum atomic E-state index is 4.30. The van der Waals surface area contributed by atoms with Crippen LogP contribution in [0.1, 0.15) is 18.1 Å². The van der Waals surface area contributed by atoms with Crippen LogP contribution in [-0.2, 0) is 0 Å². The number of hydrogen-bond acceptors (Lipinski definition) is 2. The summed E-state index contributed by atoms with van der Waals surface area (Å²) in [6.07, 6.45) is 9.29. The fraction of sp³-hybridized carbons (Fsp3) is 0.0769. The number of hydrogen-bond donors (Lipinski definition) is 0. The number of benzene rings is 1. The normalized spacial score (nSPS) is 11.0. The standard InChI is InChI=1S/C13H12N2/c1-3-5-12-10(4-2)6-7-11-8-14-9-15-13(11)12/h3-9H,2H2,1H3/b5-3-. The lowest BCUT2D eigenvalue weighted by molar-refractivity contribution is 1.22. The molecule has 0 saturated heterocycles. The van der Waals surface area contributed by atoms with Crippen molar-refractivity contribution in [2.24, 2.45) is 0 Å². The van der Waals surface area contributed by atoms with Crippen molar-refractivity contribution in [2.45, 2.75) is 6.92 Å². The Morgan fingerprint density at radius 1 is 1.33 bits per heavy atom. The molecular formula is C13H12N2. The first-order valence-electron chi connectivity index (χ1n) is 4.84. The molecule has 0 fully saturated rings. The second-order valence-electron chi connectivity index (χ2n) is 3.23. The summed E-state index contributed by atoms with van der Waals surface area (Å²) in [6.45, 7) is 5.80. The lowest BCUT2D eigenvalue weighted by atomic mass is 10.0. The van der Waals surface area contributed by atoms with Gasteiger partial charge in [-0.2, -0.15) is 0 Å². The van der Waals surface area contributed by atoms with Gasteiger partial charge in [-0.3, -0.25) is 0 Å². The van der Waals surface area contributed by atoms with E-state index in [9.17, 15) is 0 Å². The van der Waals surface area contributed by atoms with Gasteiger partial charge in [0.25, 0.3) is 0 Å². The molecule has 0 unspecified atom stereocenters. The summed E-state index contributed by atoms with van der Waals surface area (Å²) in [4.78, 5) is 8.31. The SMILES string of the molecule is C=Cc1ccc2cncnc2c1/C=C\C. The maximum absolute atomic E-state index is 4.30. The summed E-state index contributed by atoms with van der Waals surface area (Å²) in [6, 6.07) is 4.05. The largest absolute Gasteiger partial charge is 0.244 e. The quantitative estimate of drug-likeness (QED) is 0.736. The number of nitrogens with zero attached hydrogens (tertiary/aromatic N) is 2. The minimum atomic E-state index is 0.973. The molecule has 0 saturated carbocycles. The molecule has 2 heteroatoms. The highest BCUT2D eigenvalue weighted by Crippen LogP contribution is 2.22. The van der Waals surface area contributed by atoms with Crippen molar-refractivity contribution in [2.75, 3.05) is 0 Å². The van der Waals surface area contributed by atoms with Gasteiger partial charge in [0, 0.05) is 17.1 Å². The Kier molecular flexibility index (Phi) is 2.59. The average molecular weight is 196 g/mol. The molecule has 0 N–H and O–H groups in total. The van der Waals surface area contributed by atoms with E-state index in [0.29, 0.717) is 0 Å². The summed E-state index contributed by atoms with van der Waals surface area (Å²) in [7, 11) is 0. The predicted molar refractivity (Wildman–Crippen MR) is 64.3 cm³/mol. The van der Waals surface area contributed by atoms with Crippen molar-refractivity contribution in [3.05, 3.63) is 48.4 Å². The van der Waals surface area contributed by atoms with Crippen LogP contribution in [0, 0.1) is 0 Å². The molecule has 0 aliphatic heterocycles. The van der Waals surface area contributed by atoms with Crippen molar-refractivity contribution < 1.29 is 0 Å². The van der Waals surface area contributed by atoms with Crippen molar-refractivity contribution in [3.63, 3.8) is 0 Å². The van der Waals surface area contributed by atoms with Gasteiger partial charge in [0.15, 0.2) is 0 Å². The van der Waals surface area contributed by atoms with Crippen LogP contribution in [0.4, 0.5) is 0 Å². The molecule has 1 heterocycles. The highest BCUT2D eigenvalue weighted by atomic mass is 14.8. The van der Waals surface area contributed by atoms with Crippen LogP contribution < -0.4 is 0 Å². The van der Waals surface area contributed by atoms with E-state index >= 15 is 0 Å². The summed E-state index contributed by atoms with van der Waals surface area (Å²) in [5, 5.41) is 1.05. The molecule has 0 amide bonds. The van der Waals surface area contributed by atoms with Crippen LogP contribution in [0.2, 0.25) is 0 Å². The van der Waals surface area contributed by atoms with Gasteiger partial charge in [0.1, 0.15) is 6.33 Å². The highest BCUT2D eigenvalue weighted by Gasteiger charge is 2.03. The summed E-state index contributed by atoms with van der Waals surface area (Å²) < 4.78 is 0. The topological polar surface area (TPSA) is 25.8 Å². The number of rotatable bonds is 2. The van der Waals surface area contributed by atoms with Crippen LogP contribution >= 0.6 is 0 Å². The first kappa shape index (κ1) is 9.59. The predicted octanol–water partition coefficient (Wildman–Crippen LogP) is 3.31. The van der Waals surface area contributed by atoms with Crippen LogP contribution in [0.25, 0.3) is 23.1 Å². The Morgan fingerprint density at radius 3 is 2.93 bits per heavy atom. The molecule has 0 aliphatic rings. The summed E-state index contributed by atoms with van der Waals surface area (Å²) in [5.74, 6) is 0. The van der Waals surface area contributed by atoms with Crippen LogP contribution in [0.5, 0.6) is 0 Å². The first-order chi connectivity index (χ1) is 7.36. The summed E-state index contributed by atoms with van der Waals surface area (Å²) >= 11 is 0. The van der Waals surface area contributed by atoms with E-state index in [1.165, 1.54) is 0 Å². The van der Waals surface area contributed by atoms with Crippen molar-refractivity contribution in [1.29, 1.82) is 0 Å². The smallest absolute Gasteiger partial charge is 0.116 e. The molecule has 0 radical (unpaired) electrons. The second kappa shape index (κ2) is 4.05. The molecule has 0 bridgehead atoms. The highest BCUT2D eigenvalue weighted by molar-refractivity contribution is 5.90. The summed E-state index contributed by atoms with van der Waals surface area (Å²) in [5.41, 5.74) is 3.17.